The third-order valence-corrected chi connectivity index (χ3v) is 3.27. The summed E-state index contributed by atoms with van der Waals surface area (Å²) < 4.78 is 0. The summed E-state index contributed by atoms with van der Waals surface area (Å²) in [6.07, 6.45) is 1.72. The first-order chi connectivity index (χ1) is 8.15. The minimum atomic E-state index is -0.941. The van der Waals surface area contributed by atoms with Crippen LogP contribution in [0.3, 0.4) is 0 Å². The number of ketones is 1. The summed E-state index contributed by atoms with van der Waals surface area (Å²) in [6.45, 7) is 0. The van der Waals surface area contributed by atoms with Gasteiger partial charge in [-0.25, -0.2) is 4.79 Å². The summed E-state index contributed by atoms with van der Waals surface area (Å²) in [5, 5.41) is 9.83. The van der Waals surface area contributed by atoms with Crippen molar-refractivity contribution in [1.29, 1.82) is 0 Å². The van der Waals surface area contributed by atoms with Crippen molar-refractivity contribution in [2.45, 2.75) is 19.3 Å². The molecule has 0 atom stereocenters. The number of nitrogens with one attached hydrogen (secondary N) is 1. The van der Waals surface area contributed by atoms with Crippen LogP contribution in [-0.2, 0) is 17.6 Å². The molecular formula is C13H11NO3. The molecule has 1 aromatic heterocycles. The maximum Gasteiger partial charge on any atom is 0.335 e. The van der Waals surface area contributed by atoms with Gasteiger partial charge in [0.2, 0.25) is 0 Å². The fourth-order valence-electron chi connectivity index (χ4n) is 2.40. The number of aryl methyl sites for hydroxylation is 1. The molecule has 0 amide bonds. The number of aromatic carboxylic acids is 1. The van der Waals surface area contributed by atoms with E-state index in [4.69, 9.17) is 5.11 Å². The molecule has 0 aliphatic heterocycles. The molecule has 17 heavy (non-hydrogen) atoms. The van der Waals surface area contributed by atoms with Crippen LogP contribution in [0.4, 0.5) is 0 Å². The van der Waals surface area contributed by atoms with E-state index in [0.29, 0.717) is 12.8 Å². The van der Waals surface area contributed by atoms with E-state index in [0.717, 1.165) is 28.6 Å². The smallest absolute Gasteiger partial charge is 0.335 e. The first-order valence-electron chi connectivity index (χ1n) is 5.53. The Labute approximate surface area is 97.3 Å². The lowest BCUT2D eigenvalue weighted by Gasteiger charge is -2.09. The van der Waals surface area contributed by atoms with Crippen LogP contribution in [0.15, 0.2) is 18.2 Å². The van der Waals surface area contributed by atoms with Crippen LogP contribution in [0.5, 0.6) is 0 Å². The number of aromatic nitrogens is 1. The molecule has 0 radical (unpaired) electrons. The second kappa shape index (κ2) is 3.45. The normalized spacial score (nSPS) is 14.9. The number of carboxylic acids is 1. The lowest BCUT2D eigenvalue weighted by Crippen LogP contribution is -2.12. The summed E-state index contributed by atoms with van der Waals surface area (Å²) in [6, 6.07) is 4.99. The number of rotatable bonds is 1. The van der Waals surface area contributed by atoms with Crippen molar-refractivity contribution in [3.63, 3.8) is 0 Å². The molecule has 0 bridgehead atoms. The Balaban J connectivity index is 2.24. The number of H-pyrrole nitrogens is 1. The number of carbonyl (C=O) groups excluding carboxylic acids is 1. The van der Waals surface area contributed by atoms with Gasteiger partial charge in [0.25, 0.3) is 0 Å². The van der Waals surface area contributed by atoms with Crippen molar-refractivity contribution in [1.82, 2.24) is 4.98 Å². The van der Waals surface area contributed by atoms with Crippen molar-refractivity contribution in [3.05, 3.63) is 35.0 Å². The molecule has 4 nitrogen and oxygen atoms in total. The molecule has 1 aliphatic carbocycles. The van der Waals surface area contributed by atoms with Crippen molar-refractivity contribution in [2.75, 3.05) is 0 Å². The largest absolute Gasteiger partial charge is 0.478 e. The van der Waals surface area contributed by atoms with Crippen molar-refractivity contribution in [2.24, 2.45) is 0 Å². The molecule has 0 fully saturated rings. The van der Waals surface area contributed by atoms with Crippen molar-refractivity contribution in [3.8, 4) is 0 Å². The lowest BCUT2D eigenvalue weighted by atomic mass is 9.94. The fraction of sp³-hybridized carbons (Fsp3) is 0.231. The van der Waals surface area contributed by atoms with Gasteiger partial charge in [-0.2, -0.15) is 0 Å². The number of hydrogen-bond donors (Lipinski definition) is 2. The number of fused-ring (bicyclic) bond motifs is 3. The minimum absolute atomic E-state index is 0.221. The molecule has 1 heterocycles. The van der Waals surface area contributed by atoms with Gasteiger partial charge in [0.1, 0.15) is 5.78 Å². The van der Waals surface area contributed by atoms with Crippen molar-refractivity contribution >= 4 is 22.7 Å². The molecule has 1 aliphatic rings. The van der Waals surface area contributed by atoms with Gasteiger partial charge in [-0.05, 0) is 30.2 Å². The molecule has 4 heteroatoms. The summed E-state index contributed by atoms with van der Waals surface area (Å²) in [7, 11) is 0. The highest BCUT2D eigenvalue weighted by Crippen LogP contribution is 2.28. The van der Waals surface area contributed by atoms with Crippen LogP contribution < -0.4 is 0 Å². The van der Waals surface area contributed by atoms with E-state index in [1.807, 2.05) is 0 Å². The summed E-state index contributed by atoms with van der Waals surface area (Å²) in [4.78, 5) is 25.6. The van der Waals surface area contributed by atoms with E-state index >= 15 is 0 Å². The Hall–Kier alpha value is -2.10. The molecule has 1 aromatic carbocycles. The predicted octanol–water partition coefficient (Wildman–Crippen LogP) is 1.92. The zero-order valence-electron chi connectivity index (χ0n) is 9.12. The van der Waals surface area contributed by atoms with E-state index in [2.05, 4.69) is 4.98 Å². The Morgan fingerprint density at radius 2 is 2.12 bits per heavy atom. The maximum atomic E-state index is 11.5. The summed E-state index contributed by atoms with van der Waals surface area (Å²) in [5.41, 5.74) is 3.22. The molecule has 0 saturated carbocycles. The topological polar surface area (TPSA) is 70.2 Å². The lowest BCUT2D eigenvalue weighted by molar-refractivity contribution is -0.118. The van der Waals surface area contributed by atoms with Crippen molar-refractivity contribution < 1.29 is 14.7 Å². The first-order valence-corrected chi connectivity index (χ1v) is 5.53. The third kappa shape index (κ3) is 1.53. The minimum Gasteiger partial charge on any atom is -0.478 e. The van der Waals surface area contributed by atoms with Crippen LogP contribution in [0.1, 0.15) is 28.0 Å². The van der Waals surface area contributed by atoms with E-state index < -0.39 is 5.97 Å². The Kier molecular flexibility index (Phi) is 2.04. The highest BCUT2D eigenvalue weighted by molar-refractivity contribution is 5.97. The average Bonchev–Trinajstić information content (AvgIpc) is 2.66. The summed E-state index contributed by atoms with van der Waals surface area (Å²) >= 11 is 0. The molecular weight excluding hydrogens is 218 g/mol. The predicted molar refractivity (Wildman–Crippen MR) is 62.3 cm³/mol. The number of benzene rings is 1. The fourth-order valence-corrected chi connectivity index (χ4v) is 2.40. The number of carboxylic acid groups (broad SMARTS) is 1. The maximum absolute atomic E-state index is 11.5. The quantitative estimate of drug-likeness (QED) is 0.784. The van der Waals surface area contributed by atoms with E-state index in [1.54, 1.807) is 18.2 Å². The number of Topliss-reactive ketones (excluding diaryl/α,β-unsaturated/α-hetero) is 1. The SMILES string of the molecule is O=C1CCc2[nH]c3ccc(C(=O)O)cc3c2C1. The highest BCUT2D eigenvalue weighted by Gasteiger charge is 2.20. The van der Waals surface area contributed by atoms with Crippen LogP contribution in [0, 0.1) is 0 Å². The Morgan fingerprint density at radius 1 is 1.29 bits per heavy atom. The van der Waals surface area contributed by atoms with Crippen LogP contribution in [0.25, 0.3) is 10.9 Å². The van der Waals surface area contributed by atoms with Crippen LogP contribution in [-0.4, -0.2) is 21.8 Å². The number of carbonyl (C=O) groups is 2. The van der Waals surface area contributed by atoms with Gasteiger partial charge in [0.15, 0.2) is 0 Å². The number of aromatic amines is 1. The zero-order chi connectivity index (χ0) is 12.0. The van der Waals surface area contributed by atoms with Gasteiger partial charge >= 0.3 is 5.97 Å². The molecule has 2 aromatic rings. The third-order valence-electron chi connectivity index (χ3n) is 3.27. The Morgan fingerprint density at radius 3 is 2.88 bits per heavy atom. The van der Waals surface area contributed by atoms with E-state index in [9.17, 15) is 9.59 Å². The van der Waals surface area contributed by atoms with Gasteiger partial charge < -0.3 is 10.1 Å². The van der Waals surface area contributed by atoms with Gasteiger partial charge in [-0.1, -0.05) is 0 Å². The highest BCUT2D eigenvalue weighted by atomic mass is 16.4. The summed E-state index contributed by atoms with van der Waals surface area (Å²) in [5.74, 6) is -0.719. The van der Waals surface area contributed by atoms with Crippen LogP contribution >= 0.6 is 0 Å². The van der Waals surface area contributed by atoms with E-state index in [-0.39, 0.29) is 11.3 Å². The standard InChI is InChI=1S/C13H11NO3/c15-8-2-4-12-10(6-8)9-5-7(13(16)17)1-3-11(9)14-12/h1,3,5,14H,2,4,6H2,(H,16,17). The molecule has 0 saturated heterocycles. The zero-order valence-corrected chi connectivity index (χ0v) is 9.12. The van der Waals surface area contributed by atoms with Crippen LogP contribution in [0.2, 0.25) is 0 Å². The van der Waals surface area contributed by atoms with Gasteiger partial charge in [-0.3, -0.25) is 4.79 Å². The molecule has 2 N–H and O–H groups in total. The second-order valence-corrected chi connectivity index (χ2v) is 4.36. The molecule has 0 spiro atoms. The van der Waals surface area contributed by atoms with Gasteiger partial charge in [0.05, 0.1) is 5.56 Å². The average molecular weight is 229 g/mol. The van der Waals surface area contributed by atoms with E-state index in [1.165, 1.54) is 0 Å². The second-order valence-electron chi connectivity index (χ2n) is 4.36. The first kappa shape index (κ1) is 10.1. The van der Waals surface area contributed by atoms with Gasteiger partial charge in [0, 0.05) is 29.4 Å². The monoisotopic (exact) mass is 229 g/mol. The van der Waals surface area contributed by atoms with Gasteiger partial charge in [-0.15, -0.1) is 0 Å². The number of hydrogen-bond acceptors (Lipinski definition) is 2. The molecule has 3 rings (SSSR count). The Bertz CT molecular complexity index is 639. The molecule has 0 unspecified atom stereocenters. The molecule has 86 valence electrons.